The average Bonchev–Trinajstić information content (AvgIpc) is 2.46. The molecule has 0 saturated carbocycles. The highest BCUT2D eigenvalue weighted by Gasteiger charge is 2.39. The molecular weight excluding hydrogens is 321 g/mol. The van der Waals surface area contributed by atoms with Crippen LogP contribution in [-0.4, -0.2) is 50.3 Å². The lowest BCUT2D eigenvalue weighted by molar-refractivity contribution is -0.141. The second kappa shape index (κ2) is 7.12. The van der Waals surface area contributed by atoms with Crippen molar-refractivity contribution in [3.63, 3.8) is 0 Å². The summed E-state index contributed by atoms with van der Waals surface area (Å²) in [6.07, 6.45) is -3.94. The number of thioether (sulfide) groups is 1. The quantitative estimate of drug-likeness (QED) is 0.873. The van der Waals surface area contributed by atoms with Gasteiger partial charge in [0.05, 0.1) is 36.5 Å². The number of aromatic nitrogens is 2. The van der Waals surface area contributed by atoms with Gasteiger partial charge in [0.25, 0.3) is 0 Å². The van der Waals surface area contributed by atoms with Crippen LogP contribution in [0.1, 0.15) is 25.5 Å². The van der Waals surface area contributed by atoms with E-state index in [4.69, 9.17) is 4.74 Å². The van der Waals surface area contributed by atoms with Gasteiger partial charge in [-0.15, -0.1) is 0 Å². The molecule has 0 aromatic carbocycles. The molecule has 2 rings (SSSR count). The van der Waals surface area contributed by atoms with Crippen LogP contribution in [0.4, 0.5) is 13.2 Å². The molecule has 1 saturated heterocycles. The van der Waals surface area contributed by atoms with Gasteiger partial charge in [0.1, 0.15) is 11.1 Å². The van der Waals surface area contributed by atoms with Crippen molar-refractivity contribution in [2.45, 2.75) is 54.5 Å². The Labute approximate surface area is 129 Å². The zero-order chi connectivity index (χ0) is 16.3. The SMILES string of the molecule is CCC[C@H]1OCC(Sc2cncc(C(F)(F)F)n2)[C@@H](O)[C@H]1O. The van der Waals surface area contributed by atoms with Crippen LogP contribution in [0.25, 0.3) is 0 Å². The normalized spacial score (nSPS) is 29.5. The molecule has 22 heavy (non-hydrogen) atoms. The predicted octanol–water partition coefficient (Wildman–Crippen LogP) is 1.88. The number of aliphatic hydroxyl groups is 2. The van der Waals surface area contributed by atoms with Crippen LogP contribution in [0, 0.1) is 0 Å². The summed E-state index contributed by atoms with van der Waals surface area (Å²) in [7, 11) is 0. The van der Waals surface area contributed by atoms with Gasteiger partial charge in [-0.25, -0.2) is 4.98 Å². The van der Waals surface area contributed by atoms with E-state index in [0.717, 1.165) is 18.2 Å². The lowest BCUT2D eigenvalue weighted by Crippen LogP contribution is -2.51. The Morgan fingerprint density at radius 2 is 2.05 bits per heavy atom. The van der Waals surface area contributed by atoms with E-state index in [9.17, 15) is 23.4 Å². The number of alkyl halides is 3. The fraction of sp³-hybridized carbons (Fsp3) is 0.692. The first kappa shape index (κ1) is 17.5. The van der Waals surface area contributed by atoms with Crippen LogP contribution in [0.2, 0.25) is 0 Å². The molecule has 0 amide bonds. The van der Waals surface area contributed by atoms with Crippen molar-refractivity contribution in [1.29, 1.82) is 0 Å². The molecule has 0 aliphatic carbocycles. The molecule has 2 N–H and O–H groups in total. The Morgan fingerprint density at radius 1 is 1.32 bits per heavy atom. The van der Waals surface area contributed by atoms with Gasteiger partial charge in [0.2, 0.25) is 0 Å². The average molecular weight is 338 g/mol. The first-order valence-corrected chi connectivity index (χ1v) is 7.74. The largest absolute Gasteiger partial charge is 0.434 e. The van der Waals surface area contributed by atoms with E-state index in [0.29, 0.717) is 12.6 Å². The highest BCUT2D eigenvalue weighted by atomic mass is 32.2. The molecule has 1 aromatic heterocycles. The lowest BCUT2D eigenvalue weighted by atomic mass is 9.99. The molecule has 0 bridgehead atoms. The number of rotatable bonds is 4. The van der Waals surface area contributed by atoms with Crippen molar-refractivity contribution in [3.8, 4) is 0 Å². The lowest BCUT2D eigenvalue weighted by Gasteiger charge is -2.37. The van der Waals surface area contributed by atoms with Crippen molar-refractivity contribution in [3.05, 3.63) is 18.1 Å². The molecule has 0 spiro atoms. The first-order chi connectivity index (χ1) is 10.3. The molecule has 0 radical (unpaired) electrons. The van der Waals surface area contributed by atoms with E-state index in [2.05, 4.69) is 9.97 Å². The zero-order valence-electron chi connectivity index (χ0n) is 11.8. The van der Waals surface area contributed by atoms with E-state index in [-0.39, 0.29) is 11.6 Å². The third-order valence-corrected chi connectivity index (χ3v) is 4.49. The van der Waals surface area contributed by atoms with Crippen LogP contribution in [0.15, 0.2) is 17.4 Å². The third-order valence-electron chi connectivity index (χ3n) is 3.33. The summed E-state index contributed by atoms with van der Waals surface area (Å²) in [4.78, 5) is 7.00. The number of halogens is 3. The van der Waals surface area contributed by atoms with Crippen LogP contribution in [0.5, 0.6) is 0 Å². The molecule has 4 atom stereocenters. The summed E-state index contributed by atoms with van der Waals surface area (Å²) in [5.74, 6) is 0. The Morgan fingerprint density at radius 3 is 2.68 bits per heavy atom. The fourth-order valence-electron chi connectivity index (χ4n) is 2.19. The Balaban J connectivity index is 2.05. The van der Waals surface area contributed by atoms with Crippen molar-refractivity contribution >= 4 is 11.8 Å². The highest BCUT2D eigenvalue weighted by molar-refractivity contribution is 7.99. The van der Waals surface area contributed by atoms with Crippen molar-refractivity contribution < 1.29 is 28.1 Å². The molecule has 9 heteroatoms. The first-order valence-electron chi connectivity index (χ1n) is 6.86. The van der Waals surface area contributed by atoms with Gasteiger partial charge in [-0.3, -0.25) is 4.98 Å². The summed E-state index contributed by atoms with van der Waals surface area (Å²) in [6.45, 7) is 2.06. The number of ether oxygens (including phenoxy) is 1. The summed E-state index contributed by atoms with van der Waals surface area (Å²) in [6, 6.07) is 0. The Bertz CT molecular complexity index is 504. The van der Waals surface area contributed by atoms with Crippen molar-refractivity contribution in [2.24, 2.45) is 0 Å². The fourth-order valence-corrected chi connectivity index (χ4v) is 3.22. The second-order valence-corrected chi connectivity index (χ2v) is 6.30. The standard InChI is InChI=1S/C13H17F3N2O3S/c1-2-3-7-11(19)12(20)8(6-21-7)22-10-5-17-4-9(18-10)13(14,15)16/h4-5,7-8,11-12,19-20H,2-3,6H2,1H3/t7-,8?,11+,12-/m1/s1. The maximum absolute atomic E-state index is 12.6. The summed E-state index contributed by atoms with van der Waals surface area (Å²) in [5, 5.41) is 19.5. The van der Waals surface area contributed by atoms with Gasteiger partial charge in [0, 0.05) is 0 Å². The number of hydrogen-bond donors (Lipinski definition) is 2. The summed E-state index contributed by atoms with van der Waals surface area (Å²) < 4.78 is 43.3. The molecule has 1 aliphatic rings. The van der Waals surface area contributed by atoms with Crippen molar-refractivity contribution in [1.82, 2.24) is 9.97 Å². The second-order valence-electron chi connectivity index (χ2n) is 5.04. The van der Waals surface area contributed by atoms with E-state index in [1.807, 2.05) is 6.92 Å². The maximum atomic E-state index is 12.6. The van der Waals surface area contributed by atoms with Gasteiger partial charge < -0.3 is 14.9 Å². The molecule has 5 nitrogen and oxygen atoms in total. The minimum atomic E-state index is -4.57. The van der Waals surface area contributed by atoms with Crippen LogP contribution in [-0.2, 0) is 10.9 Å². The molecule has 2 heterocycles. The van der Waals surface area contributed by atoms with Crippen LogP contribution < -0.4 is 0 Å². The monoisotopic (exact) mass is 338 g/mol. The molecular formula is C13H17F3N2O3S. The number of nitrogens with zero attached hydrogens (tertiary/aromatic N) is 2. The van der Waals surface area contributed by atoms with E-state index in [1.54, 1.807) is 0 Å². The van der Waals surface area contributed by atoms with Crippen LogP contribution in [0.3, 0.4) is 0 Å². The smallest absolute Gasteiger partial charge is 0.389 e. The third kappa shape index (κ3) is 4.09. The Hall–Kier alpha value is -0.900. The minimum absolute atomic E-state index is 0.0311. The maximum Gasteiger partial charge on any atom is 0.434 e. The van der Waals surface area contributed by atoms with E-state index >= 15 is 0 Å². The van der Waals surface area contributed by atoms with Gasteiger partial charge in [0.15, 0.2) is 5.69 Å². The predicted molar refractivity (Wildman–Crippen MR) is 73.3 cm³/mol. The molecule has 124 valence electrons. The number of hydrogen-bond acceptors (Lipinski definition) is 6. The summed E-state index contributed by atoms with van der Waals surface area (Å²) >= 11 is 0.918. The molecule has 1 aromatic rings. The van der Waals surface area contributed by atoms with Crippen LogP contribution >= 0.6 is 11.8 Å². The van der Waals surface area contributed by atoms with Gasteiger partial charge >= 0.3 is 6.18 Å². The van der Waals surface area contributed by atoms with E-state index < -0.39 is 35.4 Å². The van der Waals surface area contributed by atoms with E-state index in [1.165, 1.54) is 6.20 Å². The molecule has 1 unspecified atom stereocenters. The summed E-state index contributed by atoms with van der Waals surface area (Å²) in [5.41, 5.74) is -1.09. The highest BCUT2D eigenvalue weighted by Crippen LogP contribution is 2.33. The van der Waals surface area contributed by atoms with Gasteiger partial charge in [-0.1, -0.05) is 25.1 Å². The molecule has 1 fully saturated rings. The van der Waals surface area contributed by atoms with Crippen molar-refractivity contribution in [2.75, 3.05) is 6.61 Å². The molecule has 1 aliphatic heterocycles. The van der Waals surface area contributed by atoms with Gasteiger partial charge in [-0.05, 0) is 6.42 Å². The van der Waals surface area contributed by atoms with Gasteiger partial charge in [-0.2, -0.15) is 13.2 Å². The Kier molecular flexibility index (Phi) is 5.65. The minimum Gasteiger partial charge on any atom is -0.389 e. The topological polar surface area (TPSA) is 75.5 Å². The number of aliphatic hydroxyl groups excluding tert-OH is 2. The zero-order valence-corrected chi connectivity index (χ0v) is 12.6.